The molecule has 0 N–H and O–H groups in total. The molecule has 1 aliphatic heterocycles. The normalized spacial score (nSPS) is 17.1. The van der Waals surface area contributed by atoms with Gasteiger partial charge in [0.25, 0.3) is 0 Å². The predicted octanol–water partition coefficient (Wildman–Crippen LogP) is 7.09. The lowest BCUT2D eigenvalue weighted by Crippen LogP contribution is -2.36. The molecule has 5 nitrogen and oxygen atoms in total. The molecular weight excluding hydrogens is 542 g/mol. The molecule has 2 atom stereocenters. The van der Waals surface area contributed by atoms with Crippen LogP contribution in [0.25, 0.3) is 0 Å². The molecule has 7 heteroatoms. The van der Waals surface area contributed by atoms with E-state index in [0.29, 0.717) is 29.4 Å². The van der Waals surface area contributed by atoms with Crippen LogP contribution >= 0.6 is 23.4 Å². The maximum absolute atomic E-state index is 13.9. The van der Waals surface area contributed by atoms with E-state index in [9.17, 15) is 14.4 Å². The highest BCUT2D eigenvalue weighted by atomic mass is 35.5. The molecule has 0 bridgehead atoms. The molecule has 0 spiro atoms. The fourth-order valence-electron chi connectivity index (χ4n) is 5.15. The largest absolute Gasteiger partial charge is 0.480 e. The van der Waals surface area contributed by atoms with Gasteiger partial charge in [-0.05, 0) is 87.4 Å². The van der Waals surface area contributed by atoms with Crippen molar-refractivity contribution in [3.63, 3.8) is 0 Å². The molecule has 1 amide bonds. The van der Waals surface area contributed by atoms with E-state index in [2.05, 4.69) is 0 Å². The smallest absolute Gasteiger partial charge is 0.227 e. The Hall–Kier alpha value is -3.09. The Bertz CT molecular complexity index is 1390. The summed E-state index contributed by atoms with van der Waals surface area (Å²) in [6.07, 6.45) is 2.25. The van der Waals surface area contributed by atoms with Crippen molar-refractivity contribution in [2.75, 3.05) is 19.3 Å². The summed E-state index contributed by atoms with van der Waals surface area (Å²) in [6, 6.07) is 19.0. The number of ketones is 2. The predicted molar refractivity (Wildman–Crippen MR) is 162 cm³/mol. The number of halogens is 1. The first-order valence-corrected chi connectivity index (χ1v) is 15.0. The van der Waals surface area contributed by atoms with Gasteiger partial charge in [-0.3, -0.25) is 14.4 Å². The zero-order chi connectivity index (χ0) is 29.2. The van der Waals surface area contributed by atoms with E-state index in [0.717, 1.165) is 27.1 Å². The number of hydrogen-bond donors (Lipinski definition) is 0. The maximum Gasteiger partial charge on any atom is 0.227 e. The number of hydrogen-bond acceptors (Lipinski definition) is 5. The average Bonchev–Trinajstić information content (AvgIpc) is 3.37. The van der Waals surface area contributed by atoms with Crippen LogP contribution in [0.4, 0.5) is 0 Å². The summed E-state index contributed by atoms with van der Waals surface area (Å²) in [4.78, 5) is 42.3. The van der Waals surface area contributed by atoms with E-state index in [4.69, 9.17) is 16.3 Å². The summed E-state index contributed by atoms with van der Waals surface area (Å²) in [5, 5.41) is 0.625. The van der Waals surface area contributed by atoms with Gasteiger partial charge < -0.3 is 9.64 Å². The Labute approximate surface area is 246 Å². The Kier molecular flexibility index (Phi) is 9.11. The standard InChI is InChI=1S/C33H36ClNO4S/c1-20-15-25(16-21(2)32(20)39-33(4,5)22(3)36)28-18-35(30(37)17-23-7-11-26(34)12-8-23)19-29(28)31(38)24-9-13-27(40-6)14-10-24/h7-16,28-29H,17-19H2,1-6H3/t28-,29+/m1/s1. The summed E-state index contributed by atoms with van der Waals surface area (Å²) < 4.78 is 6.15. The number of rotatable bonds is 9. The SMILES string of the molecule is CSc1ccc(C(=O)[C@H]2CN(C(=O)Cc3ccc(Cl)cc3)C[C@@H]2c2cc(C)c(OC(C)(C)C(C)=O)c(C)c2)cc1. The van der Waals surface area contributed by atoms with Crippen LogP contribution in [0.5, 0.6) is 5.75 Å². The molecule has 1 fully saturated rings. The topological polar surface area (TPSA) is 63.7 Å². The van der Waals surface area contributed by atoms with Crippen LogP contribution in [0.15, 0.2) is 65.6 Å². The number of Topliss-reactive ketones (excluding diaryl/α,β-unsaturated/α-hetero) is 2. The molecule has 40 heavy (non-hydrogen) atoms. The average molecular weight is 578 g/mol. The van der Waals surface area contributed by atoms with Gasteiger partial charge in [0.05, 0.1) is 6.42 Å². The summed E-state index contributed by atoms with van der Waals surface area (Å²) in [5.74, 6) is 0.0831. The quantitative estimate of drug-likeness (QED) is 0.201. The van der Waals surface area contributed by atoms with Crippen LogP contribution in [0.2, 0.25) is 5.02 Å². The van der Waals surface area contributed by atoms with Crippen LogP contribution in [0, 0.1) is 19.8 Å². The molecule has 1 aliphatic rings. The number of ether oxygens (including phenoxy) is 1. The number of likely N-dealkylation sites (tertiary alicyclic amines) is 1. The third kappa shape index (κ3) is 6.61. The van der Waals surface area contributed by atoms with Gasteiger partial charge >= 0.3 is 0 Å². The van der Waals surface area contributed by atoms with Crippen molar-refractivity contribution < 1.29 is 19.1 Å². The number of benzene rings is 3. The van der Waals surface area contributed by atoms with E-state index in [1.54, 1.807) is 37.7 Å². The molecule has 0 aliphatic carbocycles. The monoisotopic (exact) mass is 577 g/mol. The first-order valence-electron chi connectivity index (χ1n) is 13.4. The van der Waals surface area contributed by atoms with Crippen LogP contribution in [0.3, 0.4) is 0 Å². The minimum absolute atomic E-state index is 0.0167. The molecule has 0 saturated carbocycles. The van der Waals surface area contributed by atoms with E-state index < -0.39 is 5.60 Å². The van der Waals surface area contributed by atoms with Gasteiger partial charge in [-0.15, -0.1) is 11.8 Å². The van der Waals surface area contributed by atoms with Gasteiger partial charge in [0.2, 0.25) is 5.91 Å². The number of aryl methyl sites for hydroxylation is 2. The van der Waals surface area contributed by atoms with Crippen molar-refractivity contribution in [3.05, 3.63) is 93.5 Å². The summed E-state index contributed by atoms with van der Waals surface area (Å²) in [5.41, 5.74) is 3.36. The summed E-state index contributed by atoms with van der Waals surface area (Å²) in [7, 11) is 0. The van der Waals surface area contributed by atoms with Gasteiger partial charge in [0.15, 0.2) is 17.2 Å². The Morgan fingerprint density at radius 1 is 0.975 bits per heavy atom. The third-order valence-corrected chi connectivity index (χ3v) is 8.76. The number of carbonyl (C=O) groups is 3. The van der Waals surface area contributed by atoms with Crippen LogP contribution in [-0.2, 0) is 16.0 Å². The second-order valence-corrected chi connectivity index (χ2v) is 12.4. The number of carbonyl (C=O) groups excluding carboxylic acids is 3. The van der Waals surface area contributed by atoms with Crippen LogP contribution in [-0.4, -0.2) is 47.3 Å². The molecule has 1 heterocycles. The van der Waals surface area contributed by atoms with Crippen molar-refractivity contribution in [3.8, 4) is 5.75 Å². The fourth-order valence-corrected chi connectivity index (χ4v) is 5.69. The number of amides is 1. The zero-order valence-electron chi connectivity index (χ0n) is 23.9. The van der Waals surface area contributed by atoms with E-state index in [1.165, 1.54) is 6.92 Å². The maximum atomic E-state index is 13.9. The second-order valence-electron chi connectivity index (χ2n) is 11.1. The van der Waals surface area contributed by atoms with Crippen LogP contribution < -0.4 is 4.74 Å². The van der Waals surface area contributed by atoms with E-state index in [1.807, 2.05) is 73.5 Å². The molecule has 0 radical (unpaired) electrons. The molecule has 210 valence electrons. The fraction of sp³-hybridized carbons (Fsp3) is 0.364. The minimum Gasteiger partial charge on any atom is -0.480 e. The lowest BCUT2D eigenvalue weighted by atomic mass is 9.82. The van der Waals surface area contributed by atoms with Crippen molar-refractivity contribution >= 4 is 40.8 Å². The highest BCUT2D eigenvalue weighted by Crippen LogP contribution is 2.39. The highest BCUT2D eigenvalue weighted by Gasteiger charge is 2.41. The number of thioether (sulfide) groups is 1. The van der Waals surface area contributed by atoms with Crippen molar-refractivity contribution in [2.45, 2.75) is 57.5 Å². The Morgan fingerprint density at radius 3 is 2.12 bits per heavy atom. The summed E-state index contributed by atoms with van der Waals surface area (Å²) >= 11 is 7.65. The first-order chi connectivity index (χ1) is 18.9. The molecule has 0 unspecified atom stereocenters. The summed E-state index contributed by atoms with van der Waals surface area (Å²) in [6.45, 7) is 9.77. The van der Waals surface area contributed by atoms with E-state index >= 15 is 0 Å². The lowest BCUT2D eigenvalue weighted by Gasteiger charge is -2.27. The molecular formula is C33H36ClNO4S. The Morgan fingerprint density at radius 2 is 1.57 bits per heavy atom. The third-order valence-electron chi connectivity index (χ3n) is 7.77. The van der Waals surface area contributed by atoms with Crippen molar-refractivity contribution in [1.82, 2.24) is 4.90 Å². The van der Waals surface area contributed by atoms with Gasteiger partial charge in [0, 0.05) is 40.4 Å². The minimum atomic E-state index is -0.948. The highest BCUT2D eigenvalue weighted by molar-refractivity contribution is 7.98. The molecule has 1 saturated heterocycles. The van der Waals surface area contributed by atoms with Crippen LogP contribution in [0.1, 0.15) is 59.3 Å². The molecule has 3 aromatic carbocycles. The first kappa shape index (κ1) is 29.9. The lowest BCUT2D eigenvalue weighted by molar-refractivity contribution is -0.130. The molecule has 4 rings (SSSR count). The van der Waals surface area contributed by atoms with Gasteiger partial charge in [-0.2, -0.15) is 0 Å². The second kappa shape index (κ2) is 12.2. The van der Waals surface area contributed by atoms with Crippen molar-refractivity contribution in [1.29, 1.82) is 0 Å². The molecule has 3 aromatic rings. The number of nitrogens with zero attached hydrogens (tertiary/aromatic N) is 1. The van der Waals surface area contributed by atoms with E-state index in [-0.39, 0.29) is 35.7 Å². The van der Waals surface area contributed by atoms with Gasteiger partial charge in [-0.1, -0.05) is 48.0 Å². The Balaban J connectivity index is 1.66. The van der Waals surface area contributed by atoms with Crippen molar-refractivity contribution in [2.24, 2.45) is 5.92 Å². The zero-order valence-corrected chi connectivity index (χ0v) is 25.5. The molecule has 0 aromatic heterocycles. The van der Waals surface area contributed by atoms with Gasteiger partial charge in [0.1, 0.15) is 5.75 Å². The van der Waals surface area contributed by atoms with Gasteiger partial charge in [-0.25, -0.2) is 0 Å².